The Balaban J connectivity index is 0.000000238. The predicted molar refractivity (Wildman–Crippen MR) is 131 cm³/mol. The topological polar surface area (TPSA) is 61.8 Å². The molecular formula is C28H32N2O3. The van der Waals surface area contributed by atoms with Crippen LogP contribution < -0.4 is 10.1 Å². The second-order valence-electron chi connectivity index (χ2n) is 8.77. The summed E-state index contributed by atoms with van der Waals surface area (Å²) in [6.45, 7) is 0.357. The van der Waals surface area contributed by atoms with E-state index in [-0.39, 0.29) is 11.7 Å². The highest BCUT2D eigenvalue weighted by atomic mass is 16.5. The highest BCUT2D eigenvalue weighted by Crippen LogP contribution is 2.33. The van der Waals surface area contributed by atoms with E-state index in [1.807, 2.05) is 36.4 Å². The van der Waals surface area contributed by atoms with E-state index in [9.17, 15) is 9.90 Å². The Morgan fingerprint density at radius 3 is 2.21 bits per heavy atom. The molecule has 1 amide bonds. The number of hydrogen-bond donors (Lipinski definition) is 2. The van der Waals surface area contributed by atoms with Crippen LogP contribution in [0.4, 0.5) is 0 Å². The smallest absolute Gasteiger partial charge is 0.251 e. The van der Waals surface area contributed by atoms with Crippen molar-refractivity contribution in [2.45, 2.75) is 50.7 Å². The van der Waals surface area contributed by atoms with Crippen LogP contribution in [0.25, 0.3) is 0 Å². The lowest BCUT2D eigenvalue weighted by atomic mass is 10.0. The standard InChI is InChI=1S/C20H17NO3.C8H15N/c22-17-6-4-5-15(13-17)14-21-20(23)16-9-11-19(12-10-16)24-18-7-2-1-3-8-18;1-9-7-3-2-4-8(9)6-5-7/h1-13,22H,14H2,(H,21,23);7-8H,2-6H2,1H3. The molecule has 5 heteroatoms. The van der Waals surface area contributed by atoms with E-state index < -0.39 is 0 Å². The number of rotatable bonds is 5. The van der Waals surface area contributed by atoms with Crippen molar-refractivity contribution in [2.24, 2.45) is 0 Å². The summed E-state index contributed by atoms with van der Waals surface area (Å²) in [5, 5.41) is 12.2. The van der Waals surface area contributed by atoms with Crippen LogP contribution in [0.2, 0.25) is 0 Å². The normalized spacial score (nSPS) is 19.3. The summed E-state index contributed by atoms with van der Waals surface area (Å²) >= 11 is 0. The molecule has 0 saturated carbocycles. The molecule has 3 aromatic rings. The average molecular weight is 445 g/mol. The summed E-state index contributed by atoms with van der Waals surface area (Å²) in [7, 11) is 2.29. The van der Waals surface area contributed by atoms with Crippen LogP contribution in [0.5, 0.6) is 17.2 Å². The van der Waals surface area contributed by atoms with Gasteiger partial charge < -0.3 is 20.1 Å². The molecule has 2 bridgehead atoms. The molecule has 2 atom stereocenters. The largest absolute Gasteiger partial charge is 0.508 e. The van der Waals surface area contributed by atoms with Crippen LogP contribution in [0, 0.1) is 0 Å². The van der Waals surface area contributed by atoms with E-state index >= 15 is 0 Å². The first-order valence-electron chi connectivity index (χ1n) is 11.7. The van der Waals surface area contributed by atoms with Gasteiger partial charge in [-0.05, 0) is 86.8 Å². The minimum absolute atomic E-state index is 0.176. The van der Waals surface area contributed by atoms with Crippen molar-refractivity contribution in [3.63, 3.8) is 0 Å². The number of aromatic hydroxyl groups is 1. The minimum atomic E-state index is -0.176. The number of hydrogen-bond acceptors (Lipinski definition) is 4. The number of phenolic OH excluding ortho intramolecular Hbond substituents is 1. The van der Waals surface area contributed by atoms with Gasteiger partial charge in [-0.2, -0.15) is 0 Å². The van der Waals surface area contributed by atoms with E-state index in [1.54, 1.807) is 42.5 Å². The third kappa shape index (κ3) is 6.36. The maximum atomic E-state index is 12.2. The quantitative estimate of drug-likeness (QED) is 0.526. The van der Waals surface area contributed by atoms with E-state index in [1.165, 1.54) is 32.1 Å². The first-order chi connectivity index (χ1) is 16.1. The number of fused-ring (bicyclic) bond motifs is 2. The van der Waals surface area contributed by atoms with Crippen molar-refractivity contribution in [1.82, 2.24) is 10.2 Å². The van der Waals surface area contributed by atoms with E-state index in [4.69, 9.17) is 4.74 Å². The zero-order valence-electron chi connectivity index (χ0n) is 19.1. The zero-order valence-corrected chi connectivity index (χ0v) is 19.1. The fraction of sp³-hybridized carbons (Fsp3) is 0.321. The number of ether oxygens (including phenoxy) is 1. The van der Waals surface area contributed by atoms with Gasteiger partial charge in [-0.1, -0.05) is 36.8 Å². The van der Waals surface area contributed by atoms with Crippen molar-refractivity contribution in [3.05, 3.63) is 90.0 Å². The van der Waals surface area contributed by atoms with Crippen molar-refractivity contribution in [3.8, 4) is 17.2 Å². The van der Waals surface area contributed by atoms with Crippen molar-refractivity contribution >= 4 is 5.91 Å². The third-order valence-corrected chi connectivity index (χ3v) is 6.52. The maximum absolute atomic E-state index is 12.2. The Bertz CT molecular complexity index is 1020. The number of phenols is 1. The van der Waals surface area contributed by atoms with Gasteiger partial charge in [-0.15, -0.1) is 0 Å². The summed E-state index contributed by atoms with van der Waals surface area (Å²) in [6, 6.07) is 25.2. The van der Waals surface area contributed by atoms with Crippen molar-refractivity contribution in [2.75, 3.05) is 7.05 Å². The van der Waals surface area contributed by atoms with Crippen LogP contribution in [0.1, 0.15) is 48.0 Å². The molecule has 172 valence electrons. The minimum Gasteiger partial charge on any atom is -0.508 e. The summed E-state index contributed by atoms with van der Waals surface area (Å²) in [6.07, 6.45) is 7.36. The highest BCUT2D eigenvalue weighted by molar-refractivity contribution is 5.94. The summed E-state index contributed by atoms with van der Waals surface area (Å²) in [4.78, 5) is 14.7. The van der Waals surface area contributed by atoms with Crippen LogP contribution in [0.3, 0.4) is 0 Å². The SMILES string of the molecule is CN1C2CCCC1CC2.O=C(NCc1cccc(O)c1)c1ccc(Oc2ccccc2)cc1. The van der Waals surface area contributed by atoms with Gasteiger partial charge in [0.1, 0.15) is 17.2 Å². The fourth-order valence-electron chi connectivity index (χ4n) is 4.63. The number of amides is 1. The van der Waals surface area contributed by atoms with E-state index in [0.717, 1.165) is 23.4 Å². The number of benzene rings is 3. The Labute approximate surface area is 196 Å². The molecule has 2 heterocycles. The summed E-state index contributed by atoms with van der Waals surface area (Å²) in [5.41, 5.74) is 1.39. The Kier molecular flexibility index (Phi) is 7.63. The van der Waals surface area contributed by atoms with E-state index in [2.05, 4.69) is 17.3 Å². The Morgan fingerprint density at radius 1 is 0.909 bits per heavy atom. The lowest BCUT2D eigenvalue weighted by Gasteiger charge is -2.30. The molecule has 0 aromatic heterocycles. The second-order valence-corrected chi connectivity index (χ2v) is 8.77. The lowest BCUT2D eigenvalue weighted by molar-refractivity contribution is 0.0951. The van der Waals surface area contributed by atoms with Crippen LogP contribution >= 0.6 is 0 Å². The second kappa shape index (κ2) is 11.0. The van der Waals surface area contributed by atoms with Gasteiger partial charge in [0, 0.05) is 24.2 Å². The maximum Gasteiger partial charge on any atom is 0.251 e. The summed E-state index contributed by atoms with van der Waals surface area (Å²) < 4.78 is 5.70. The monoisotopic (exact) mass is 444 g/mol. The molecule has 2 fully saturated rings. The molecule has 2 saturated heterocycles. The first kappa shape index (κ1) is 22.9. The average Bonchev–Trinajstić information content (AvgIpc) is 3.03. The molecular weight excluding hydrogens is 412 g/mol. The van der Waals surface area contributed by atoms with Gasteiger partial charge in [0.05, 0.1) is 0 Å². The number of para-hydroxylation sites is 1. The lowest BCUT2D eigenvalue weighted by Crippen LogP contribution is -2.35. The summed E-state index contributed by atoms with van der Waals surface area (Å²) in [5.74, 6) is 1.43. The number of piperidine rings is 1. The third-order valence-electron chi connectivity index (χ3n) is 6.52. The van der Waals surface area contributed by atoms with Gasteiger partial charge in [0.2, 0.25) is 0 Å². The zero-order chi connectivity index (χ0) is 23.0. The molecule has 2 aliphatic rings. The molecule has 33 heavy (non-hydrogen) atoms. The molecule has 2 unspecified atom stereocenters. The molecule has 2 N–H and O–H groups in total. The predicted octanol–water partition coefficient (Wildman–Crippen LogP) is 5.75. The Hall–Kier alpha value is -3.31. The van der Waals surface area contributed by atoms with Gasteiger partial charge >= 0.3 is 0 Å². The molecule has 3 aromatic carbocycles. The van der Waals surface area contributed by atoms with Crippen LogP contribution in [-0.4, -0.2) is 35.0 Å². The number of carbonyl (C=O) groups excluding carboxylic acids is 1. The van der Waals surface area contributed by atoms with Gasteiger partial charge in [0.15, 0.2) is 0 Å². The van der Waals surface area contributed by atoms with Crippen molar-refractivity contribution < 1.29 is 14.6 Å². The molecule has 0 radical (unpaired) electrons. The van der Waals surface area contributed by atoms with Gasteiger partial charge in [-0.3, -0.25) is 4.79 Å². The molecule has 0 aliphatic carbocycles. The molecule has 5 nitrogen and oxygen atoms in total. The van der Waals surface area contributed by atoms with Gasteiger partial charge in [0.25, 0.3) is 5.91 Å². The van der Waals surface area contributed by atoms with Gasteiger partial charge in [-0.25, -0.2) is 0 Å². The number of nitrogens with zero attached hydrogens (tertiary/aromatic N) is 1. The first-order valence-corrected chi connectivity index (χ1v) is 11.7. The van der Waals surface area contributed by atoms with E-state index in [0.29, 0.717) is 17.9 Å². The Morgan fingerprint density at radius 2 is 1.58 bits per heavy atom. The number of carbonyl (C=O) groups is 1. The molecule has 2 aliphatic heterocycles. The fourth-order valence-corrected chi connectivity index (χ4v) is 4.63. The molecule has 5 rings (SSSR count). The van der Waals surface area contributed by atoms with Crippen LogP contribution in [0.15, 0.2) is 78.9 Å². The highest BCUT2D eigenvalue weighted by Gasteiger charge is 2.33. The molecule has 0 spiro atoms. The van der Waals surface area contributed by atoms with Crippen molar-refractivity contribution in [1.29, 1.82) is 0 Å². The van der Waals surface area contributed by atoms with Crippen LogP contribution in [-0.2, 0) is 6.54 Å². The number of nitrogens with one attached hydrogen (secondary N) is 1.